The maximum absolute atomic E-state index is 11.0. The first-order chi connectivity index (χ1) is 5.79. The van der Waals surface area contributed by atoms with Crippen LogP contribution in [0.25, 0.3) is 0 Å². The van der Waals surface area contributed by atoms with Gasteiger partial charge in [0.1, 0.15) is 5.41 Å². The highest BCUT2D eigenvalue weighted by Gasteiger charge is 2.51. The highest BCUT2D eigenvalue weighted by Crippen LogP contribution is 2.41. The summed E-state index contributed by atoms with van der Waals surface area (Å²) >= 11 is 0. The topological polar surface area (TPSA) is 83.5 Å². The van der Waals surface area contributed by atoms with Gasteiger partial charge < -0.3 is 15.9 Å². The Bertz CT molecular complexity index is 254. The molecule has 1 aliphatic carbocycles. The van der Waals surface area contributed by atoms with Crippen molar-refractivity contribution in [2.75, 3.05) is 0 Å². The molecule has 0 spiro atoms. The van der Waals surface area contributed by atoms with Gasteiger partial charge in [-0.1, -0.05) is 12.2 Å². The zero-order valence-electron chi connectivity index (χ0n) is 7.82. The lowest BCUT2D eigenvalue weighted by molar-refractivity contribution is -0.158. The molecule has 2 unspecified atom stereocenters. The van der Waals surface area contributed by atoms with E-state index in [0.29, 0.717) is 0 Å². The van der Waals surface area contributed by atoms with Crippen LogP contribution in [-0.2, 0) is 4.79 Å². The molecule has 4 heteroatoms. The Morgan fingerprint density at radius 3 is 2.38 bits per heavy atom. The van der Waals surface area contributed by atoms with Gasteiger partial charge in [-0.15, -0.1) is 0 Å². The van der Waals surface area contributed by atoms with Gasteiger partial charge in [-0.3, -0.25) is 4.79 Å². The van der Waals surface area contributed by atoms with Gasteiger partial charge >= 0.3 is 5.97 Å². The number of hydrogen-bond donors (Lipinski definition) is 3. The molecule has 0 amide bonds. The third-order valence-corrected chi connectivity index (χ3v) is 2.66. The molecule has 1 rings (SSSR count). The van der Waals surface area contributed by atoms with E-state index in [1.54, 1.807) is 6.08 Å². The molecule has 13 heavy (non-hydrogen) atoms. The predicted octanol–water partition coefficient (Wildman–Crippen LogP) is 0.116. The molecule has 0 radical (unpaired) electrons. The summed E-state index contributed by atoms with van der Waals surface area (Å²) in [4.78, 5) is 11.0. The van der Waals surface area contributed by atoms with Crippen LogP contribution in [0.5, 0.6) is 0 Å². The lowest BCUT2D eigenvalue weighted by Crippen LogP contribution is -2.48. The summed E-state index contributed by atoms with van der Waals surface area (Å²) in [6, 6.07) is -0.275. The standard InChI is InChI=1S/C9H15NO3/c1-8(2,13)9(7(11)12)4-3-6(10)5-9/h3-4,6,13H,5,10H2,1-2H3,(H,11,12). The maximum Gasteiger partial charge on any atom is 0.316 e. The molecule has 0 saturated heterocycles. The number of aliphatic hydroxyl groups is 1. The Labute approximate surface area is 77.1 Å². The Morgan fingerprint density at radius 2 is 2.23 bits per heavy atom. The smallest absolute Gasteiger partial charge is 0.316 e. The quantitative estimate of drug-likeness (QED) is 0.533. The minimum atomic E-state index is -1.29. The second-order valence-corrected chi connectivity index (χ2v) is 4.06. The summed E-state index contributed by atoms with van der Waals surface area (Å²) in [6.45, 7) is 2.98. The second-order valence-electron chi connectivity index (χ2n) is 4.06. The molecular formula is C9H15NO3. The van der Waals surface area contributed by atoms with Crippen LogP contribution >= 0.6 is 0 Å². The van der Waals surface area contributed by atoms with Crippen LogP contribution < -0.4 is 5.73 Å². The third-order valence-electron chi connectivity index (χ3n) is 2.66. The molecule has 0 saturated carbocycles. The van der Waals surface area contributed by atoms with Gasteiger partial charge in [0.15, 0.2) is 0 Å². The Hall–Kier alpha value is -0.870. The van der Waals surface area contributed by atoms with E-state index in [-0.39, 0.29) is 12.5 Å². The molecule has 4 N–H and O–H groups in total. The molecule has 0 aromatic carbocycles. The molecule has 0 fully saturated rings. The van der Waals surface area contributed by atoms with E-state index in [9.17, 15) is 9.90 Å². The van der Waals surface area contributed by atoms with Gasteiger partial charge in [0, 0.05) is 6.04 Å². The Balaban J connectivity index is 3.06. The highest BCUT2D eigenvalue weighted by molar-refractivity contribution is 5.79. The minimum Gasteiger partial charge on any atom is -0.481 e. The van der Waals surface area contributed by atoms with Crippen molar-refractivity contribution in [1.82, 2.24) is 0 Å². The summed E-state index contributed by atoms with van der Waals surface area (Å²) in [5, 5.41) is 18.8. The average molecular weight is 185 g/mol. The van der Waals surface area contributed by atoms with E-state index in [4.69, 9.17) is 10.8 Å². The predicted molar refractivity (Wildman–Crippen MR) is 48.1 cm³/mol. The maximum atomic E-state index is 11.0. The summed E-state index contributed by atoms with van der Waals surface area (Å²) in [5.74, 6) is -1.02. The van der Waals surface area contributed by atoms with E-state index in [1.165, 1.54) is 19.9 Å². The second kappa shape index (κ2) is 2.82. The summed E-state index contributed by atoms with van der Waals surface area (Å²) < 4.78 is 0. The normalized spacial score (nSPS) is 33.7. The van der Waals surface area contributed by atoms with Crippen molar-refractivity contribution in [3.63, 3.8) is 0 Å². The summed E-state index contributed by atoms with van der Waals surface area (Å²) in [5.41, 5.74) is 3.07. The van der Waals surface area contributed by atoms with Gasteiger partial charge in [0.05, 0.1) is 5.60 Å². The van der Waals surface area contributed by atoms with Crippen LogP contribution in [0.1, 0.15) is 20.3 Å². The monoisotopic (exact) mass is 185 g/mol. The number of carboxylic acids is 1. The zero-order chi connectivity index (χ0) is 10.3. The fraction of sp³-hybridized carbons (Fsp3) is 0.667. The molecule has 0 bridgehead atoms. The van der Waals surface area contributed by atoms with E-state index in [2.05, 4.69) is 0 Å². The molecule has 0 heterocycles. The van der Waals surface area contributed by atoms with Gasteiger partial charge in [-0.05, 0) is 20.3 Å². The van der Waals surface area contributed by atoms with Gasteiger partial charge in [0.25, 0.3) is 0 Å². The lowest BCUT2D eigenvalue weighted by Gasteiger charge is -2.35. The number of nitrogens with two attached hydrogens (primary N) is 1. The van der Waals surface area contributed by atoms with Crippen LogP contribution in [0.2, 0.25) is 0 Å². The van der Waals surface area contributed by atoms with Crippen molar-refractivity contribution in [1.29, 1.82) is 0 Å². The van der Waals surface area contributed by atoms with Gasteiger partial charge in [-0.25, -0.2) is 0 Å². The van der Waals surface area contributed by atoms with Crippen molar-refractivity contribution in [2.45, 2.75) is 31.9 Å². The minimum absolute atomic E-state index is 0.256. The van der Waals surface area contributed by atoms with E-state index < -0.39 is 17.0 Å². The van der Waals surface area contributed by atoms with Gasteiger partial charge in [-0.2, -0.15) is 0 Å². The van der Waals surface area contributed by atoms with Crippen LogP contribution in [-0.4, -0.2) is 27.8 Å². The molecule has 0 aliphatic heterocycles. The lowest BCUT2D eigenvalue weighted by atomic mass is 9.73. The molecular weight excluding hydrogens is 170 g/mol. The molecule has 0 aromatic heterocycles. The van der Waals surface area contributed by atoms with Crippen molar-refractivity contribution in [2.24, 2.45) is 11.1 Å². The van der Waals surface area contributed by atoms with E-state index in [0.717, 1.165) is 0 Å². The van der Waals surface area contributed by atoms with E-state index >= 15 is 0 Å². The fourth-order valence-electron chi connectivity index (χ4n) is 1.67. The number of aliphatic carboxylic acids is 1. The van der Waals surface area contributed by atoms with Crippen LogP contribution in [0.4, 0.5) is 0 Å². The Morgan fingerprint density at radius 1 is 1.69 bits per heavy atom. The van der Waals surface area contributed by atoms with Gasteiger partial charge in [0.2, 0.25) is 0 Å². The third kappa shape index (κ3) is 1.47. The molecule has 4 nitrogen and oxygen atoms in total. The number of hydrogen-bond acceptors (Lipinski definition) is 3. The van der Waals surface area contributed by atoms with E-state index in [1.807, 2.05) is 0 Å². The first-order valence-electron chi connectivity index (χ1n) is 4.20. The first-order valence-corrected chi connectivity index (χ1v) is 4.20. The fourth-order valence-corrected chi connectivity index (χ4v) is 1.67. The van der Waals surface area contributed by atoms with Crippen molar-refractivity contribution >= 4 is 5.97 Å². The van der Waals surface area contributed by atoms with Crippen LogP contribution in [0, 0.1) is 5.41 Å². The number of carboxylic acid groups (broad SMARTS) is 1. The molecule has 0 aromatic rings. The van der Waals surface area contributed by atoms with Crippen molar-refractivity contribution < 1.29 is 15.0 Å². The first kappa shape index (κ1) is 10.2. The zero-order valence-corrected chi connectivity index (χ0v) is 7.82. The van der Waals surface area contributed by atoms with Crippen molar-refractivity contribution in [3.8, 4) is 0 Å². The van der Waals surface area contributed by atoms with Crippen LogP contribution in [0.15, 0.2) is 12.2 Å². The number of carbonyl (C=O) groups is 1. The SMILES string of the molecule is CC(C)(O)C1(C(=O)O)C=CC(N)C1. The van der Waals surface area contributed by atoms with Crippen molar-refractivity contribution in [3.05, 3.63) is 12.2 Å². The average Bonchev–Trinajstić information content (AvgIpc) is 2.30. The molecule has 1 aliphatic rings. The Kier molecular flexibility index (Phi) is 2.21. The molecule has 74 valence electrons. The largest absolute Gasteiger partial charge is 0.481 e. The number of rotatable bonds is 2. The highest BCUT2D eigenvalue weighted by atomic mass is 16.4. The van der Waals surface area contributed by atoms with Crippen LogP contribution in [0.3, 0.4) is 0 Å². The summed E-state index contributed by atoms with van der Waals surface area (Å²) in [7, 11) is 0. The summed E-state index contributed by atoms with van der Waals surface area (Å²) in [6.07, 6.45) is 3.39. The molecule has 2 atom stereocenters.